The van der Waals surface area contributed by atoms with Gasteiger partial charge in [0.15, 0.2) is 5.96 Å². The summed E-state index contributed by atoms with van der Waals surface area (Å²) in [5, 5.41) is 16.9. The quantitative estimate of drug-likeness (QED) is 0.247. The Hall–Kier alpha value is -1.55. The highest BCUT2D eigenvalue weighted by Crippen LogP contribution is 2.27. The Kier molecular flexibility index (Phi) is 9.99. The maximum Gasteiger partial charge on any atom is 0.194 e. The van der Waals surface area contributed by atoms with Crippen LogP contribution in [0.25, 0.3) is 0 Å². The predicted molar refractivity (Wildman–Crippen MR) is 133 cm³/mol. The summed E-state index contributed by atoms with van der Waals surface area (Å²) >= 11 is 1.75. The molecule has 1 aliphatic heterocycles. The summed E-state index contributed by atoms with van der Waals surface area (Å²) in [6, 6.07) is 7.56. The lowest BCUT2D eigenvalue weighted by molar-refractivity contribution is 0.369. The number of aryl methyl sites for hydroxylation is 2. The molecule has 2 aromatic rings. The number of nitrogens with zero attached hydrogens (tertiary/aromatic N) is 4. The molecule has 1 saturated heterocycles. The van der Waals surface area contributed by atoms with E-state index in [-0.39, 0.29) is 24.0 Å². The number of hydrogen-bond acceptors (Lipinski definition) is 5. The van der Waals surface area contributed by atoms with Crippen molar-refractivity contribution in [2.45, 2.75) is 33.1 Å². The van der Waals surface area contributed by atoms with Crippen molar-refractivity contribution in [3.05, 3.63) is 40.3 Å². The fraction of sp³-hybridized carbons (Fsp3) is 0.524. The SMILES string of the molecule is CCNC(=NCCCCc1nc(C)cs1)N1CCN(c2ccccc2O)CC1.I. The second-order valence-electron chi connectivity index (χ2n) is 7.04. The lowest BCUT2D eigenvalue weighted by Crippen LogP contribution is -2.52. The first-order valence-corrected chi connectivity index (χ1v) is 11.0. The standard InChI is InChI=1S/C21H31N5OS.HI/c1-3-22-21(23-11-7-6-10-20-24-17(2)16-28-20)26-14-12-25(13-15-26)18-8-4-5-9-19(18)27;/h4-5,8-9,16,27H,3,6-7,10-15H2,1-2H3,(H,22,23);1H. The molecule has 8 heteroatoms. The molecule has 160 valence electrons. The number of phenols is 1. The van der Waals surface area contributed by atoms with Crippen molar-refractivity contribution < 1.29 is 5.11 Å². The summed E-state index contributed by atoms with van der Waals surface area (Å²) in [7, 11) is 0. The van der Waals surface area contributed by atoms with Gasteiger partial charge in [-0.25, -0.2) is 4.98 Å². The van der Waals surface area contributed by atoms with Crippen LogP contribution in [0.2, 0.25) is 0 Å². The Morgan fingerprint density at radius 2 is 1.97 bits per heavy atom. The zero-order valence-electron chi connectivity index (χ0n) is 17.3. The first-order chi connectivity index (χ1) is 13.7. The number of hydrogen-bond donors (Lipinski definition) is 2. The van der Waals surface area contributed by atoms with Crippen LogP contribution in [0, 0.1) is 6.92 Å². The van der Waals surface area contributed by atoms with E-state index in [4.69, 9.17) is 4.99 Å². The maximum atomic E-state index is 10.1. The van der Waals surface area contributed by atoms with Gasteiger partial charge in [0.05, 0.1) is 10.7 Å². The molecule has 1 aromatic heterocycles. The highest BCUT2D eigenvalue weighted by molar-refractivity contribution is 14.0. The van der Waals surface area contributed by atoms with E-state index < -0.39 is 0 Å². The molecule has 29 heavy (non-hydrogen) atoms. The molecule has 0 aliphatic carbocycles. The molecule has 1 fully saturated rings. The Morgan fingerprint density at radius 3 is 2.62 bits per heavy atom. The molecule has 1 aliphatic rings. The number of aromatic nitrogens is 1. The van der Waals surface area contributed by atoms with E-state index in [1.807, 2.05) is 25.1 Å². The molecule has 0 radical (unpaired) electrons. The van der Waals surface area contributed by atoms with Gasteiger partial charge < -0.3 is 20.2 Å². The third kappa shape index (κ3) is 7.02. The van der Waals surface area contributed by atoms with Gasteiger partial charge in [0.25, 0.3) is 0 Å². The van der Waals surface area contributed by atoms with E-state index in [0.29, 0.717) is 5.75 Å². The molecule has 3 rings (SSSR count). The minimum atomic E-state index is 0. The Morgan fingerprint density at radius 1 is 1.21 bits per heavy atom. The average molecular weight is 529 g/mol. The number of unbranched alkanes of at least 4 members (excludes halogenated alkanes) is 1. The number of thiazole rings is 1. The number of piperazine rings is 1. The van der Waals surface area contributed by atoms with Gasteiger partial charge >= 0.3 is 0 Å². The molecular formula is C21H32IN5OS. The zero-order valence-corrected chi connectivity index (χ0v) is 20.5. The number of guanidine groups is 1. The lowest BCUT2D eigenvalue weighted by Gasteiger charge is -2.37. The highest BCUT2D eigenvalue weighted by Gasteiger charge is 2.21. The van der Waals surface area contributed by atoms with Gasteiger partial charge in [-0.15, -0.1) is 35.3 Å². The van der Waals surface area contributed by atoms with Crippen molar-refractivity contribution in [3.63, 3.8) is 0 Å². The van der Waals surface area contributed by atoms with Crippen molar-refractivity contribution in [2.24, 2.45) is 4.99 Å². The van der Waals surface area contributed by atoms with Crippen LogP contribution in [0.4, 0.5) is 5.69 Å². The molecule has 0 saturated carbocycles. The van der Waals surface area contributed by atoms with E-state index >= 15 is 0 Å². The smallest absolute Gasteiger partial charge is 0.194 e. The topological polar surface area (TPSA) is 64.0 Å². The van der Waals surface area contributed by atoms with Crippen molar-refractivity contribution in [3.8, 4) is 5.75 Å². The number of halogens is 1. The first-order valence-electron chi connectivity index (χ1n) is 10.1. The number of aliphatic imine (C=N–C) groups is 1. The average Bonchev–Trinajstić information content (AvgIpc) is 3.12. The van der Waals surface area contributed by atoms with Gasteiger partial charge in [0.1, 0.15) is 5.75 Å². The Labute approximate surface area is 195 Å². The zero-order chi connectivity index (χ0) is 19.8. The van der Waals surface area contributed by atoms with Gasteiger partial charge in [-0.05, 0) is 45.2 Å². The lowest BCUT2D eigenvalue weighted by atomic mass is 10.2. The highest BCUT2D eigenvalue weighted by atomic mass is 127. The number of para-hydroxylation sites is 2. The number of rotatable bonds is 7. The molecule has 0 bridgehead atoms. The summed E-state index contributed by atoms with van der Waals surface area (Å²) in [6.07, 6.45) is 3.24. The maximum absolute atomic E-state index is 10.1. The number of benzene rings is 1. The third-order valence-corrected chi connectivity index (χ3v) is 5.89. The van der Waals surface area contributed by atoms with Gasteiger partial charge in [-0.3, -0.25) is 4.99 Å². The monoisotopic (exact) mass is 529 g/mol. The van der Waals surface area contributed by atoms with E-state index in [1.165, 1.54) is 5.01 Å². The molecule has 2 N–H and O–H groups in total. The van der Waals surface area contributed by atoms with Crippen molar-refractivity contribution in [1.29, 1.82) is 0 Å². The summed E-state index contributed by atoms with van der Waals surface area (Å²) in [4.78, 5) is 13.9. The second kappa shape index (κ2) is 12.2. The Bertz CT molecular complexity index is 774. The number of aromatic hydroxyl groups is 1. The molecule has 1 aromatic carbocycles. The summed E-state index contributed by atoms with van der Waals surface area (Å²) in [5.41, 5.74) is 2.04. The fourth-order valence-corrected chi connectivity index (χ4v) is 4.23. The number of phenolic OH excluding ortho intramolecular Hbond substituents is 1. The van der Waals surface area contributed by atoms with Gasteiger partial charge in [0.2, 0.25) is 0 Å². The largest absolute Gasteiger partial charge is 0.506 e. The Balaban J connectivity index is 0.00000300. The summed E-state index contributed by atoms with van der Waals surface area (Å²) in [6.45, 7) is 9.43. The second-order valence-corrected chi connectivity index (χ2v) is 7.98. The molecule has 0 unspecified atom stereocenters. The van der Waals surface area contributed by atoms with E-state index in [0.717, 1.165) is 75.9 Å². The van der Waals surface area contributed by atoms with E-state index in [1.54, 1.807) is 17.4 Å². The minimum absolute atomic E-state index is 0. The normalized spacial score (nSPS) is 14.6. The van der Waals surface area contributed by atoms with Gasteiger partial charge in [-0.2, -0.15) is 0 Å². The molecular weight excluding hydrogens is 497 g/mol. The van der Waals surface area contributed by atoms with Crippen LogP contribution < -0.4 is 10.2 Å². The van der Waals surface area contributed by atoms with Crippen LogP contribution in [-0.2, 0) is 6.42 Å². The van der Waals surface area contributed by atoms with Crippen molar-refractivity contribution in [2.75, 3.05) is 44.2 Å². The summed E-state index contributed by atoms with van der Waals surface area (Å²) in [5.74, 6) is 1.36. The third-order valence-electron chi connectivity index (χ3n) is 4.86. The minimum Gasteiger partial charge on any atom is -0.506 e. The molecule has 0 atom stereocenters. The first kappa shape index (κ1) is 23.7. The number of anilines is 1. The van der Waals surface area contributed by atoms with Crippen LogP contribution >= 0.6 is 35.3 Å². The summed E-state index contributed by atoms with van der Waals surface area (Å²) < 4.78 is 0. The van der Waals surface area contributed by atoms with Crippen LogP contribution in [0.3, 0.4) is 0 Å². The molecule has 6 nitrogen and oxygen atoms in total. The molecule has 2 heterocycles. The van der Waals surface area contributed by atoms with Crippen molar-refractivity contribution in [1.82, 2.24) is 15.2 Å². The number of nitrogens with one attached hydrogen (secondary N) is 1. The van der Waals surface area contributed by atoms with E-state index in [2.05, 4.69) is 32.4 Å². The van der Waals surface area contributed by atoms with Gasteiger partial charge in [0, 0.05) is 50.3 Å². The van der Waals surface area contributed by atoms with E-state index in [9.17, 15) is 5.11 Å². The fourth-order valence-electron chi connectivity index (χ4n) is 3.41. The van der Waals surface area contributed by atoms with Gasteiger partial charge in [-0.1, -0.05) is 12.1 Å². The van der Waals surface area contributed by atoms with Crippen LogP contribution in [0.15, 0.2) is 34.6 Å². The van der Waals surface area contributed by atoms with Crippen molar-refractivity contribution >= 4 is 47.0 Å². The van der Waals surface area contributed by atoms with Crippen LogP contribution in [-0.4, -0.2) is 60.2 Å². The van der Waals surface area contributed by atoms with Crippen LogP contribution in [0.1, 0.15) is 30.5 Å². The van der Waals surface area contributed by atoms with Crippen LogP contribution in [0.5, 0.6) is 5.75 Å². The predicted octanol–water partition coefficient (Wildman–Crippen LogP) is 3.89. The molecule has 0 amide bonds. The molecule has 0 spiro atoms.